The van der Waals surface area contributed by atoms with Crippen LogP contribution in [-0.4, -0.2) is 16.5 Å². The van der Waals surface area contributed by atoms with Gasteiger partial charge < -0.3 is 5.32 Å². The molecule has 0 fully saturated rings. The number of nitrogens with zero attached hydrogens (tertiary/aromatic N) is 2. The van der Waals surface area contributed by atoms with Crippen molar-refractivity contribution in [1.29, 1.82) is 0 Å². The van der Waals surface area contributed by atoms with Crippen LogP contribution in [0.2, 0.25) is 5.02 Å². The number of benzene rings is 1. The van der Waals surface area contributed by atoms with Gasteiger partial charge in [-0.2, -0.15) is 0 Å². The van der Waals surface area contributed by atoms with Gasteiger partial charge in [-0.25, -0.2) is 14.4 Å². The Kier molecular flexibility index (Phi) is 5.44. The van der Waals surface area contributed by atoms with Gasteiger partial charge in [0.25, 0.3) is 0 Å². The number of hydrogen-bond acceptors (Lipinski definition) is 3. The second kappa shape index (κ2) is 7.31. The Morgan fingerprint density at radius 3 is 2.70 bits per heavy atom. The molecule has 5 heteroatoms. The van der Waals surface area contributed by atoms with Crippen molar-refractivity contribution >= 4 is 11.6 Å². The lowest BCUT2D eigenvalue weighted by atomic mass is 10.0. The van der Waals surface area contributed by atoms with E-state index in [-0.39, 0.29) is 11.1 Å². The van der Waals surface area contributed by atoms with Crippen LogP contribution < -0.4 is 5.32 Å². The van der Waals surface area contributed by atoms with Crippen molar-refractivity contribution in [2.75, 3.05) is 6.54 Å². The molecular weight excluding hydrogens is 277 g/mol. The molecule has 1 heterocycles. The van der Waals surface area contributed by atoms with Gasteiger partial charge in [-0.15, -0.1) is 0 Å². The minimum absolute atomic E-state index is 0.00215. The molecule has 1 aromatic carbocycles. The molecule has 0 saturated carbocycles. The summed E-state index contributed by atoms with van der Waals surface area (Å²) in [6.07, 6.45) is 5.14. The van der Waals surface area contributed by atoms with Gasteiger partial charge >= 0.3 is 0 Å². The highest BCUT2D eigenvalue weighted by molar-refractivity contribution is 6.30. The molecule has 0 aliphatic carbocycles. The Labute approximate surface area is 123 Å². The first-order valence-corrected chi connectivity index (χ1v) is 7.02. The number of hydrogen-bond donors (Lipinski definition) is 1. The summed E-state index contributed by atoms with van der Waals surface area (Å²) in [5, 5.41) is 3.55. The Hall–Kier alpha value is -1.52. The van der Waals surface area contributed by atoms with Gasteiger partial charge in [0, 0.05) is 12.4 Å². The molecule has 0 saturated heterocycles. The molecule has 1 unspecified atom stereocenters. The lowest BCUT2D eigenvalue weighted by molar-refractivity contribution is 0.504. The van der Waals surface area contributed by atoms with Gasteiger partial charge in [0.05, 0.1) is 11.1 Å². The summed E-state index contributed by atoms with van der Waals surface area (Å²) in [4.78, 5) is 8.57. The van der Waals surface area contributed by atoms with E-state index in [1.165, 1.54) is 6.07 Å². The molecule has 0 bridgehead atoms. The summed E-state index contributed by atoms with van der Waals surface area (Å²) in [5.41, 5.74) is 0.956. The van der Waals surface area contributed by atoms with Crippen molar-refractivity contribution in [3.63, 3.8) is 0 Å². The minimum atomic E-state index is -0.399. The summed E-state index contributed by atoms with van der Waals surface area (Å²) in [6.45, 7) is 2.97. The van der Waals surface area contributed by atoms with Crippen molar-refractivity contribution < 1.29 is 4.39 Å². The molecule has 1 N–H and O–H groups in total. The lowest BCUT2D eigenvalue weighted by Crippen LogP contribution is -2.25. The number of rotatable bonds is 6. The van der Waals surface area contributed by atoms with Gasteiger partial charge in [0.15, 0.2) is 0 Å². The number of aromatic nitrogens is 2. The van der Waals surface area contributed by atoms with Crippen molar-refractivity contribution in [3.8, 4) is 0 Å². The first-order valence-electron chi connectivity index (χ1n) is 6.65. The van der Waals surface area contributed by atoms with E-state index in [4.69, 9.17) is 11.6 Å². The summed E-state index contributed by atoms with van der Waals surface area (Å²) in [6, 6.07) is 6.57. The molecule has 106 valence electrons. The molecule has 20 heavy (non-hydrogen) atoms. The Balaban J connectivity index is 2.17. The monoisotopic (exact) mass is 293 g/mol. The van der Waals surface area contributed by atoms with Crippen molar-refractivity contribution in [1.82, 2.24) is 15.3 Å². The van der Waals surface area contributed by atoms with Crippen molar-refractivity contribution in [3.05, 3.63) is 58.9 Å². The average molecular weight is 294 g/mol. The summed E-state index contributed by atoms with van der Waals surface area (Å²) in [5.74, 6) is 0.339. The molecule has 1 aromatic heterocycles. The van der Waals surface area contributed by atoms with Crippen LogP contribution in [0.3, 0.4) is 0 Å². The van der Waals surface area contributed by atoms with E-state index in [9.17, 15) is 4.39 Å². The Morgan fingerprint density at radius 1 is 1.30 bits per heavy atom. The largest absolute Gasteiger partial charge is 0.307 e. The Morgan fingerprint density at radius 2 is 2.05 bits per heavy atom. The van der Waals surface area contributed by atoms with E-state index in [0.29, 0.717) is 6.42 Å². The first kappa shape index (κ1) is 14.9. The standard InChI is InChI=1S/C15H17ClFN3/c1-2-6-18-14(15-19-7-3-8-20-15)10-11-4-5-13(17)12(16)9-11/h3-5,7-9,14,18H,2,6,10H2,1H3. The summed E-state index contributed by atoms with van der Waals surface area (Å²) < 4.78 is 13.2. The third-order valence-corrected chi connectivity index (χ3v) is 3.25. The topological polar surface area (TPSA) is 37.8 Å². The second-order valence-electron chi connectivity index (χ2n) is 4.57. The van der Waals surface area contributed by atoms with E-state index in [2.05, 4.69) is 22.2 Å². The predicted molar refractivity (Wildman–Crippen MR) is 78.2 cm³/mol. The maximum Gasteiger partial charge on any atom is 0.145 e. The van der Waals surface area contributed by atoms with Gasteiger partial charge in [-0.3, -0.25) is 0 Å². The zero-order chi connectivity index (χ0) is 14.4. The fourth-order valence-corrected chi connectivity index (χ4v) is 2.17. The highest BCUT2D eigenvalue weighted by Gasteiger charge is 2.14. The highest BCUT2D eigenvalue weighted by atomic mass is 35.5. The zero-order valence-corrected chi connectivity index (χ0v) is 12.1. The summed E-state index contributed by atoms with van der Waals surface area (Å²) >= 11 is 5.82. The van der Waals surface area contributed by atoms with Crippen molar-refractivity contribution in [2.45, 2.75) is 25.8 Å². The van der Waals surface area contributed by atoms with Crippen LogP contribution in [0.25, 0.3) is 0 Å². The van der Waals surface area contributed by atoms with E-state index >= 15 is 0 Å². The smallest absolute Gasteiger partial charge is 0.145 e. The quantitative estimate of drug-likeness (QED) is 0.885. The third-order valence-electron chi connectivity index (χ3n) is 2.96. The number of halogens is 2. The molecule has 0 aliphatic rings. The molecule has 2 rings (SSSR count). The molecule has 0 spiro atoms. The molecule has 3 nitrogen and oxygen atoms in total. The van der Waals surface area contributed by atoms with Crippen LogP contribution in [0.15, 0.2) is 36.7 Å². The lowest BCUT2D eigenvalue weighted by Gasteiger charge is -2.17. The maximum atomic E-state index is 13.2. The molecular formula is C15H17ClFN3. The fourth-order valence-electron chi connectivity index (χ4n) is 1.97. The second-order valence-corrected chi connectivity index (χ2v) is 4.97. The van der Waals surface area contributed by atoms with Crippen LogP contribution in [-0.2, 0) is 6.42 Å². The van der Waals surface area contributed by atoms with Crippen LogP contribution >= 0.6 is 11.6 Å². The SMILES string of the molecule is CCCNC(Cc1ccc(F)c(Cl)c1)c1ncccn1. The maximum absolute atomic E-state index is 13.2. The fraction of sp³-hybridized carbons (Fsp3) is 0.333. The van der Waals surface area contributed by atoms with E-state index in [1.807, 2.05) is 0 Å². The normalized spacial score (nSPS) is 12.3. The highest BCUT2D eigenvalue weighted by Crippen LogP contribution is 2.20. The van der Waals surface area contributed by atoms with Gasteiger partial charge in [-0.1, -0.05) is 24.6 Å². The zero-order valence-electron chi connectivity index (χ0n) is 11.3. The van der Waals surface area contributed by atoms with Gasteiger partial charge in [0.1, 0.15) is 11.6 Å². The van der Waals surface area contributed by atoms with Crippen molar-refractivity contribution in [2.24, 2.45) is 0 Å². The van der Waals surface area contributed by atoms with E-state index in [0.717, 1.165) is 24.4 Å². The van der Waals surface area contributed by atoms with Gasteiger partial charge in [-0.05, 0) is 43.1 Å². The van der Waals surface area contributed by atoms with E-state index < -0.39 is 5.82 Å². The molecule has 0 amide bonds. The Bertz CT molecular complexity index is 548. The molecule has 1 atom stereocenters. The third kappa shape index (κ3) is 3.99. The van der Waals surface area contributed by atoms with E-state index in [1.54, 1.807) is 30.6 Å². The average Bonchev–Trinajstić information content (AvgIpc) is 2.48. The molecule has 0 aliphatic heterocycles. The molecule has 0 radical (unpaired) electrons. The molecule has 2 aromatic rings. The minimum Gasteiger partial charge on any atom is -0.307 e. The van der Waals surface area contributed by atoms with Crippen LogP contribution in [0.1, 0.15) is 30.8 Å². The predicted octanol–water partition coefficient (Wildman–Crippen LogP) is 3.55. The van der Waals surface area contributed by atoms with Crippen LogP contribution in [0, 0.1) is 5.82 Å². The van der Waals surface area contributed by atoms with Crippen LogP contribution in [0.4, 0.5) is 4.39 Å². The van der Waals surface area contributed by atoms with Gasteiger partial charge in [0.2, 0.25) is 0 Å². The first-order chi connectivity index (χ1) is 9.70. The summed E-state index contributed by atoms with van der Waals surface area (Å²) in [7, 11) is 0. The van der Waals surface area contributed by atoms with Crippen LogP contribution in [0.5, 0.6) is 0 Å². The number of nitrogens with one attached hydrogen (secondary N) is 1.